The van der Waals surface area contributed by atoms with E-state index in [2.05, 4.69) is 10.00 Å². The van der Waals surface area contributed by atoms with E-state index in [1.807, 2.05) is 49.6 Å². The number of hydrogen-bond acceptors (Lipinski definition) is 5. The van der Waals surface area contributed by atoms with Crippen LogP contribution in [-0.4, -0.2) is 58.7 Å². The first-order valence-electron chi connectivity index (χ1n) is 10.5. The van der Waals surface area contributed by atoms with E-state index in [1.165, 1.54) is 0 Å². The third kappa shape index (κ3) is 5.07. The molecule has 1 saturated heterocycles. The Labute approximate surface area is 204 Å². The van der Waals surface area contributed by atoms with Gasteiger partial charge in [0.25, 0.3) is 0 Å². The summed E-state index contributed by atoms with van der Waals surface area (Å²) >= 11 is 6.30. The molecule has 0 amide bonds. The molecule has 0 spiro atoms. The Kier molecular flexibility index (Phi) is 6.69. The molecule has 2 aliphatic heterocycles. The van der Waals surface area contributed by atoms with Crippen molar-refractivity contribution in [3.05, 3.63) is 71.0 Å². The number of halogens is 4. The summed E-state index contributed by atoms with van der Waals surface area (Å²) in [5.41, 5.74) is 3.98. The summed E-state index contributed by atoms with van der Waals surface area (Å²) in [5, 5.41) is 11.7. The molecule has 2 atom stereocenters. The average Bonchev–Trinajstić information content (AvgIpc) is 3.45. The SMILES string of the molecule is Cn1cc(-c2ccc3c(c2)C2CN(Cc4ccccc4Cl)CC2S3(=O)=O)cn1.O=C(O)C(F)(F)F. The second-order valence-electron chi connectivity index (χ2n) is 8.43. The Morgan fingerprint density at radius 3 is 2.46 bits per heavy atom. The zero-order valence-corrected chi connectivity index (χ0v) is 20.0. The van der Waals surface area contributed by atoms with E-state index in [1.54, 1.807) is 16.9 Å². The summed E-state index contributed by atoms with van der Waals surface area (Å²) in [6, 6.07) is 13.4. The molecule has 1 fully saturated rings. The van der Waals surface area contributed by atoms with Crippen LogP contribution < -0.4 is 0 Å². The maximum absolute atomic E-state index is 13.1. The molecule has 186 valence electrons. The highest BCUT2D eigenvalue weighted by Crippen LogP contribution is 2.46. The van der Waals surface area contributed by atoms with Crippen molar-refractivity contribution < 1.29 is 31.5 Å². The van der Waals surface area contributed by atoms with Crippen molar-refractivity contribution >= 4 is 27.4 Å². The third-order valence-corrected chi connectivity index (χ3v) is 8.72. The maximum atomic E-state index is 13.1. The first kappa shape index (κ1) is 25.2. The van der Waals surface area contributed by atoms with Gasteiger partial charge in [0.2, 0.25) is 0 Å². The number of fused-ring (bicyclic) bond motifs is 3. The third-order valence-electron chi connectivity index (χ3n) is 6.09. The average molecular weight is 528 g/mol. The van der Waals surface area contributed by atoms with Crippen LogP contribution in [0.15, 0.2) is 59.8 Å². The molecule has 5 rings (SSSR count). The number of aliphatic carboxylic acids is 1. The van der Waals surface area contributed by atoms with Crippen molar-refractivity contribution in [1.82, 2.24) is 14.7 Å². The molecular formula is C23H21ClF3N3O4S. The second-order valence-corrected chi connectivity index (χ2v) is 11.0. The molecule has 1 N–H and O–H groups in total. The lowest BCUT2D eigenvalue weighted by Crippen LogP contribution is -2.26. The number of hydrogen-bond donors (Lipinski definition) is 1. The highest BCUT2D eigenvalue weighted by molar-refractivity contribution is 7.92. The van der Waals surface area contributed by atoms with Gasteiger partial charge in [-0.2, -0.15) is 18.3 Å². The Bertz CT molecular complexity index is 1370. The molecule has 2 unspecified atom stereocenters. The van der Waals surface area contributed by atoms with Crippen molar-refractivity contribution in [3.63, 3.8) is 0 Å². The van der Waals surface area contributed by atoms with Gasteiger partial charge in [0, 0.05) is 49.4 Å². The van der Waals surface area contributed by atoms with Crippen molar-refractivity contribution in [3.8, 4) is 11.1 Å². The van der Waals surface area contributed by atoms with Crippen LogP contribution in [0, 0.1) is 0 Å². The standard InChI is InChI=1S/C21H20ClN3O2S.C2HF3O2/c1-24-10-16(9-23-24)14-6-7-20-17(8-14)18-12-25(13-21(18)28(20,26)27)11-15-4-2-3-5-19(15)22;3-2(4,5)1(6)7/h2-10,18,21H,11-13H2,1H3;(H,6,7). The van der Waals surface area contributed by atoms with Gasteiger partial charge in [-0.25, -0.2) is 13.2 Å². The first-order valence-corrected chi connectivity index (χ1v) is 12.4. The maximum Gasteiger partial charge on any atom is 0.490 e. The zero-order valence-electron chi connectivity index (χ0n) is 18.4. The monoisotopic (exact) mass is 527 g/mol. The van der Waals surface area contributed by atoms with E-state index in [0.717, 1.165) is 33.8 Å². The van der Waals surface area contributed by atoms with Gasteiger partial charge in [-0.05, 0) is 34.9 Å². The molecule has 0 radical (unpaired) electrons. The smallest absolute Gasteiger partial charge is 0.475 e. The molecule has 0 saturated carbocycles. The van der Waals surface area contributed by atoms with E-state index in [9.17, 15) is 21.6 Å². The molecule has 35 heavy (non-hydrogen) atoms. The van der Waals surface area contributed by atoms with Crippen LogP contribution in [0.4, 0.5) is 13.2 Å². The number of benzene rings is 2. The molecule has 7 nitrogen and oxygen atoms in total. The van der Waals surface area contributed by atoms with Gasteiger partial charge in [0.15, 0.2) is 9.84 Å². The number of aromatic nitrogens is 2. The minimum absolute atomic E-state index is 0.000825. The van der Waals surface area contributed by atoms with Crippen LogP contribution in [0.1, 0.15) is 17.0 Å². The molecule has 0 aliphatic carbocycles. The lowest BCUT2D eigenvalue weighted by atomic mass is 9.95. The summed E-state index contributed by atoms with van der Waals surface area (Å²) in [7, 11) is -1.43. The van der Waals surface area contributed by atoms with E-state index in [0.29, 0.717) is 18.0 Å². The fraction of sp³-hybridized carbons (Fsp3) is 0.304. The molecule has 3 heterocycles. The Morgan fingerprint density at radius 1 is 1.17 bits per heavy atom. The number of likely N-dealkylation sites (tertiary alicyclic amines) is 1. The van der Waals surface area contributed by atoms with E-state index >= 15 is 0 Å². The zero-order chi connectivity index (χ0) is 25.5. The lowest BCUT2D eigenvalue weighted by molar-refractivity contribution is -0.192. The van der Waals surface area contributed by atoms with Gasteiger partial charge in [-0.15, -0.1) is 0 Å². The highest BCUT2D eigenvalue weighted by atomic mass is 35.5. The first-order chi connectivity index (χ1) is 16.4. The number of carboxylic acids is 1. The van der Waals surface area contributed by atoms with Gasteiger partial charge in [0.1, 0.15) is 0 Å². The van der Waals surface area contributed by atoms with Crippen molar-refractivity contribution in [2.45, 2.75) is 28.8 Å². The van der Waals surface area contributed by atoms with Crippen LogP contribution in [0.3, 0.4) is 0 Å². The number of nitrogens with zero attached hydrogens (tertiary/aromatic N) is 3. The number of aryl methyl sites for hydroxylation is 1. The van der Waals surface area contributed by atoms with Crippen molar-refractivity contribution in [2.24, 2.45) is 7.05 Å². The van der Waals surface area contributed by atoms with E-state index in [4.69, 9.17) is 21.5 Å². The van der Waals surface area contributed by atoms with Crippen LogP contribution in [0.25, 0.3) is 11.1 Å². The fourth-order valence-corrected chi connectivity index (χ4v) is 6.86. The lowest BCUT2D eigenvalue weighted by Gasteiger charge is -2.18. The normalized spacial score (nSPS) is 20.6. The number of carbonyl (C=O) groups is 1. The summed E-state index contributed by atoms with van der Waals surface area (Å²) in [4.78, 5) is 11.6. The summed E-state index contributed by atoms with van der Waals surface area (Å²) < 4.78 is 59.7. The largest absolute Gasteiger partial charge is 0.490 e. The summed E-state index contributed by atoms with van der Waals surface area (Å²) in [6.45, 7) is 1.92. The van der Waals surface area contributed by atoms with Crippen LogP contribution >= 0.6 is 11.6 Å². The van der Waals surface area contributed by atoms with Crippen molar-refractivity contribution in [1.29, 1.82) is 0 Å². The fourth-order valence-electron chi connectivity index (χ4n) is 4.47. The Morgan fingerprint density at radius 2 is 1.86 bits per heavy atom. The van der Waals surface area contributed by atoms with Crippen LogP contribution in [0.2, 0.25) is 5.02 Å². The number of sulfone groups is 1. The quantitative estimate of drug-likeness (QED) is 0.550. The van der Waals surface area contributed by atoms with Crippen molar-refractivity contribution in [2.75, 3.05) is 13.1 Å². The number of alkyl halides is 3. The van der Waals surface area contributed by atoms with E-state index < -0.39 is 22.0 Å². The van der Waals surface area contributed by atoms with Gasteiger partial charge in [-0.3, -0.25) is 9.58 Å². The Hall–Kier alpha value is -2.89. The number of rotatable bonds is 3. The molecule has 0 bridgehead atoms. The van der Waals surface area contributed by atoms with Gasteiger partial charge in [-0.1, -0.05) is 35.9 Å². The predicted octanol–water partition coefficient (Wildman–Crippen LogP) is 4.13. The second kappa shape index (κ2) is 9.29. The Balaban J connectivity index is 0.000000364. The number of carboxylic acid groups (broad SMARTS) is 1. The minimum Gasteiger partial charge on any atom is -0.475 e. The molecule has 2 aromatic carbocycles. The van der Waals surface area contributed by atoms with Gasteiger partial charge in [0.05, 0.1) is 16.3 Å². The summed E-state index contributed by atoms with van der Waals surface area (Å²) in [5.74, 6) is -2.76. The van der Waals surface area contributed by atoms with Crippen LogP contribution in [0.5, 0.6) is 0 Å². The molecule has 12 heteroatoms. The highest BCUT2D eigenvalue weighted by Gasteiger charge is 2.50. The minimum atomic E-state index is -5.08. The van der Waals surface area contributed by atoms with E-state index in [-0.39, 0.29) is 11.2 Å². The topological polar surface area (TPSA) is 92.5 Å². The molecule has 1 aromatic heterocycles. The molecule has 3 aromatic rings. The molecular weight excluding hydrogens is 507 g/mol. The van der Waals surface area contributed by atoms with Gasteiger partial charge < -0.3 is 5.11 Å². The summed E-state index contributed by atoms with van der Waals surface area (Å²) in [6.07, 6.45) is -1.33. The van der Waals surface area contributed by atoms with Gasteiger partial charge >= 0.3 is 12.1 Å². The van der Waals surface area contributed by atoms with Crippen LogP contribution in [-0.2, 0) is 28.2 Å². The molecule has 2 aliphatic rings. The predicted molar refractivity (Wildman–Crippen MR) is 123 cm³/mol.